The minimum atomic E-state index is -0.547. The second kappa shape index (κ2) is 12.2. The molecule has 0 atom stereocenters. The Kier molecular flexibility index (Phi) is 8.76. The van der Waals surface area contributed by atoms with Crippen LogP contribution in [0, 0.1) is 13.8 Å². The first kappa shape index (κ1) is 27.3. The Labute approximate surface area is 230 Å². The monoisotopic (exact) mass is 550 g/mol. The lowest BCUT2D eigenvalue weighted by atomic mass is 10.1. The lowest BCUT2D eigenvalue weighted by molar-refractivity contribution is -0.127. The maximum absolute atomic E-state index is 13.0. The quantitative estimate of drug-likeness (QED) is 0.302. The van der Waals surface area contributed by atoms with Crippen molar-refractivity contribution in [1.29, 1.82) is 0 Å². The predicted octanol–water partition coefficient (Wildman–Crippen LogP) is 6.61. The fourth-order valence-corrected chi connectivity index (χ4v) is 5.09. The summed E-state index contributed by atoms with van der Waals surface area (Å²) in [6.07, 6.45) is 1.56. The second-order valence-corrected chi connectivity index (χ2v) is 10.1. The summed E-state index contributed by atoms with van der Waals surface area (Å²) in [4.78, 5) is 39.2. The molecule has 1 N–H and O–H groups in total. The fourth-order valence-electron chi connectivity index (χ4n) is 3.98. The Morgan fingerprint density at radius 1 is 1.03 bits per heavy atom. The molecule has 4 rings (SSSR count). The van der Waals surface area contributed by atoms with E-state index in [0.717, 1.165) is 33.4 Å². The lowest BCUT2D eigenvalue weighted by Gasteiger charge is -2.15. The van der Waals surface area contributed by atoms with Gasteiger partial charge in [0.15, 0.2) is 11.5 Å². The van der Waals surface area contributed by atoms with E-state index in [0.29, 0.717) is 41.0 Å². The van der Waals surface area contributed by atoms with Crippen molar-refractivity contribution in [2.45, 2.75) is 27.4 Å². The van der Waals surface area contributed by atoms with E-state index >= 15 is 0 Å². The number of imide groups is 1. The molecule has 0 bridgehead atoms. The first-order valence-electron chi connectivity index (χ1n) is 12.0. The topological polar surface area (TPSA) is 84.9 Å². The van der Waals surface area contributed by atoms with Crippen LogP contribution in [-0.4, -0.2) is 35.1 Å². The van der Waals surface area contributed by atoms with E-state index in [1.807, 2.05) is 69.3 Å². The van der Waals surface area contributed by atoms with Crippen LogP contribution in [0.5, 0.6) is 11.5 Å². The van der Waals surface area contributed by atoms with Crippen molar-refractivity contribution in [2.75, 3.05) is 18.5 Å². The SMILES string of the molecule is CCOc1cc(/C=C2\SC(=O)N(CC(=O)Nc3cc(C)cc(C)c3)C2=O)cc(Cl)c1OCc1ccccc1. The van der Waals surface area contributed by atoms with Gasteiger partial charge in [0.05, 0.1) is 16.5 Å². The molecule has 9 heteroatoms. The second-order valence-electron chi connectivity index (χ2n) is 8.73. The van der Waals surface area contributed by atoms with Crippen LogP contribution >= 0.6 is 23.4 Å². The number of hydrogen-bond donors (Lipinski definition) is 1. The molecule has 1 heterocycles. The van der Waals surface area contributed by atoms with Crippen LogP contribution in [0.1, 0.15) is 29.2 Å². The Hall–Kier alpha value is -3.75. The maximum atomic E-state index is 13.0. The Bertz CT molecular complexity index is 1390. The van der Waals surface area contributed by atoms with Crippen LogP contribution in [0.3, 0.4) is 0 Å². The van der Waals surface area contributed by atoms with E-state index in [9.17, 15) is 14.4 Å². The number of hydrogen-bond acceptors (Lipinski definition) is 6. The smallest absolute Gasteiger partial charge is 0.294 e. The van der Waals surface area contributed by atoms with Gasteiger partial charge in [0, 0.05) is 5.69 Å². The number of carbonyl (C=O) groups is 3. The molecule has 3 aromatic rings. The van der Waals surface area contributed by atoms with Crippen molar-refractivity contribution in [3.05, 3.63) is 92.8 Å². The minimum absolute atomic E-state index is 0.186. The van der Waals surface area contributed by atoms with Gasteiger partial charge in [0.25, 0.3) is 11.1 Å². The Morgan fingerprint density at radius 2 is 1.74 bits per heavy atom. The van der Waals surface area contributed by atoms with E-state index < -0.39 is 17.1 Å². The maximum Gasteiger partial charge on any atom is 0.294 e. The summed E-state index contributed by atoms with van der Waals surface area (Å²) in [5.74, 6) is -0.186. The van der Waals surface area contributed by atoms with Gasteiger partial charge >= 0.3 is 0 Å². The number of nitrogens with one attached hydrogen (secondary N) is 1. The van der Waals surface area contributed by atoms with Gasteiger partial charge in [-0.05, 0) is 85.1 Å². The highest BCUT2D eigenvalue weighted by atomic mass is 35.5. The molecule has 38 heavy (non-hydrogen) atoms. The molecular weight excluding hydrogens is 524 g/mol. The number of carbonyl (C=O) groups excluding carboxylic acids is 3. The van der Waals surface area contributed by atoms with Crippen molar-refractivity contribution in [3.8, 4) is 11.5 Å². The number of halogens is 1. The number of amides is 3. The molecule has 196 valence electrons. The van der Waals surface area contributed by atoms with Crippen LogP contribution in [0.2, 0.25) is 5.02 Å². The van der Waals surface area contributed by atoms with Crippen LogP contribution in [-0.2, 0) is 16.2 Å². The summed E-state index contributed by atoms with van der Waals surface area (Å²) in [7, 11) is 0. The highest BCUT2D eigenvalue weighted by molar-refractivity contribution is 8.18. The normalized spacial score (nSPS) is 14.2. The molecule has 0 radical (unpaired) electrons. The first-order chi connectivity index (χ1) is 18.2. The highest BCUT2D eigenvalue weighted by Crippen LogP contribution is 2.39. The third-order valence-electron chi connectivity index (χ3n) is 5.54. The molecule has 0 saturated carbocycles. The summed E-state index contributed by atoms with van der Waals surface area (Å²) in [5, 5.41) is 2.55. The van der Waals surface area contributed by atoms with Gasteiger partial charge in [-0.2, -0.15) is 0 Å². The fraction of sp³-hybridized carbons (Fsp3) is 0.207. The van der Waals surface area contributed by atoms with Crippen molar-refractivity contribution in [1.82, 2.24) is 4.90 Å². The molecule has 0 aromatic heterocycles. The first-order valence-corrected chi connectivity index (χ1v) is 13.2. The van der Waals surface area contributed by atoms with Crippen molar-refractivity contribution >= 4 is 52.2 Å². The molecule has 1 saturated heterocycles. The molecule has 1 aliphatic rings. The molecule has 1 fully saturated rings. The molecule has 0 aliphatic carbocycles. The Morgan fingerprint density at radius 3 is 2.42 bits per heavy atom. The molecule has 3 amide bonds. The predicted molar refractivity (Wildman–Crippen MR) is 151 cm³/mol. The van der Waals surface area contributed by atoms with E-state index in [4.69, 9.17) is 21.1 Å². The number of benzene rings is 3. The highest BCUT2D eigenvalue weighted by Gasteiger charge is 2.36. The zero-order chi connectivity index (χ0) is 27.2. The molecule has 1 aliphatic heterocycles. The standard InChI is InChI=1S/C29H27ClN2O5S/c1-4-36-24-14-21(13-23(30)27(24)37-17-20-8-6-5-7-9-20)15-25-28(34)32(29(35)38-25)16-26(33)31-22-11-18(2)10-19(3)12-22/h5-15H,4,16-17H2,1-3H3,(H,31,33)/b25-15-. The number of thioether (sulfide) groups is 1. The molecular formula is C29H27ClN2O5S. The van der Waals surface area contributed by atoms with E-state index in [-0.39, 0.29) is 11.4 Å². The molecule has 0 unspecified atom stereocenters. The summed E-state index contributed by atoms with van der Waals surface area (Å²) in [5.41, 5.74) is 4.15. The molecule has 3 aromatic carbocycles. The van der Waals surface area contributed by atoms with Crippen molar-refractivity contribution in [2.24, 2.45) is 0 Å². The lowest BCUT2D eigenvalue weighted by Crippen LogP contribution is -2.36. The number of aryl methyl sites for hydroxylation is 2. The van der Waals surface area contributed by atoms with Gasteiger partial charge in [-0.15, -0.1) is 0 Å². The molecule has 7 nitrogen and oxygen atoms in total. The largest absolute Gasteiger partial charge is 0.490 e. The van der Waals surface area contributed by atoms with Crippen LogP contribution in [0.15, 0.2) is 65.6 Å². The van der Waals surface area contributed by atoms with E-state index in [1.54, 1.807) is 18.2 Å². The number of nitrogens with zero attached hydrogens (tertiary/aromatic N) is 1. The number of ether oxygens (including phenoxy) is 2. The van der Waals surface area contributed by atoms with E-state index in [2.05, 4.69) is 5.32 Å². The zero-order valence-electron chi connectivity index (χ0n) is 21.2. The van der Waals surface area contributed by atoms with Crippen LogP contribution in [0.25, 0.3) is 6.08 Å². The summed E-state index contributed by atoms with van der Waals surface area (Å²) in [6, 6.07) is 18.7. The van der Waals surface area contributed by atoms with Crippen LogP contribution in [0.4, 0.5) is 10.5 Å². The van der Waals surface area contributed by atoms with E-state index in [1.165, 1.54) is 0 Å². The summed E-state index contributed by atoms with van der Waals surface area (Å²) in [6.45, 7) is 6.00. The molecule has 0 spiro atoms. The average Bonchev–Trinajstić information content (AvgIpc) is 3.11. The van der Waals surface area contributed by atoms with Gasteiger partial charge in [-0.1, -0.05) is 48.0 Å². The third kappa shape index (κ3) is 6.76. The minimum Gasteiger partial charge on any atom is -0.490 e. The van der Waals surface area contributed by atoms with Crippen molar-refractivity contribution in [3.63, 3.8) is 0 Å². The van der Waals surface area contributed by atoms with Gasteiger partial charge < -0.3 is 14.8 Å². The van der Waals surface area contributed by atoms with Gasteiger partial charge in [-0.3, -0.25) is 19.3 Å². The zero-order valence-corrected chi connectivity index (χ0v) is 22.8. The van der Waals surface area contributed by atoms with Crippen molar-refractivity contribution < 1.29 is 23.9 Å². The third-order valence-corrected chi connectivity index (χ3v) is 6.72. The number of anilines is 1. The summed E-state index contributed by atoms with van der Waals surface area (Å²) < 4.78 is 11.7. The summed E-state index contributed by atoms with van der Waals surface area (Å²) >= 11 is 7.30. The van der Waals surface area contributed by atoms with Gasteiger partial charge in [-0.25, -0.2) is 0 Å². The van der Waals surface area contributed by atoms with Gasteiger partial charge in [0.1, 0.15) is 13.2 Å². The van der Waals surface area contributed by atoms with Crippen LogP contribution < -0.4 is 14.8 Å². The Balaban J connectivity index is 1.49. The average molecular weight is 551 g/mol. The number of rotatable bonds is 9. The van der Waals surface area contributed by atoms with Gasteiger partial charge in [0.2, 0.25) is 5.91 Å².